The van der Waals surface area contributed by atoms with E-state index in [1.165, 1.54) is 0 Å². The SMILES string of the molecule is C=CCCCCOC(=O)[C@@H]1[C@@H]2CCC3(S2)C(C(=O)N(CC=C)c2ccc4ccccc4c2)N(CCCCCCO)C(=O)[C@H]13. The molecule has 2 aromatic carbocycles. The molecule has 0 aliphatic carbocycles. The van der Waals surface area contributed by atoms with Crippen LogP contribution in [0.15, 0.2) is 67.8 Å². The summed E-state index contributed by atoms with van der Waals surface area (Å²) in [4.78, 5) is 46.1. The molecule has 2 unspecified atom stereocenters. The van der Waals surface area contributed by atoms with Crippen LogP contribution in [0.2, 0.25) is 0 Å². The van der Waals surface area contributed by atoms with Crippen molar-refractivity contribution in [2.75, 3.05) is 31.2 Å². The lowest BCUT2D eigenvalue weighted by Gasteiger charge is -2.37. The first kappa shape index (κ1) is 31.3. The number of thioether (sulfide) groups is 1. The van der Waals surface area contributed by atoms with Gasteiger partial charge in [-0.25, -0.2) is 0 Å². The molecule has 1 N–H and O–H groups in total. The number of likely N-dealkylation sites (tertiary alicyclic amines) is 1. The van der Waals surface area contributed by atoms with E-state index in [0.717, 1.165) is 74.2 Å². The summed E-state index contributed by atoms with van der Waals surface area (Å²) < 4.78 is 5.08. The summed E-state index contributed by atoms with van der Waals surface area (Å²) in [6.45, 7) is 8.93. The van der Waals surface area contributed by atoms with E-state index in [2.05, 4.69) is 13.2 Å². The van der Waals surface area contributed by atoms with Gasteiger partial charge in [-0.2, -0.15) is 0 Å². The summed E-state index contributed by atoms with van der Waals surface area (Å²) in [5.41, 5.74) is 0.770. The molecule has 1 spiro atoms. The van der Waals surface area contributed by atoms with Gasteiger partial charge in [0.2, 0.25) is 5.91 Å². The number of ether oxygens (including phenoxy) is 1. The quantitative estimate of drug-likeness (QED) is 0.146. The third-order valence-corrected chi connectivity index (χ3v) is 11.2. The van der Waals surface area contributed by atoms with Gasteiger partial charge < -0.3 is 19.6 Å². The molecule has 0 saturated carbocycles. The Morgan fingerprint density at radius 1 is 1.05 bits per heavy atom. The van der Waals surface area contributed by atoms with Crippen LogP contribution in [0.4, 0.5) is 5.69 Å². The first-order valence-corrected chi connectivity index (χ1v) is 16.6. The van der Waals surface area contributed by atoms with Gasteiger partial charge in [0.25, 0.3) is 5.91 Å². The van der Waals surface area contributed by atoms with Crippen LogP contribution in [-0.2, 0) is 19.1 Å². The molecular weight excluding hydrogens is 560 g/mol. The summed E-state index contributed by atoms with van der Waals surface area (Å²) in [6, 6.07) is 13.4. The number of anilines is 1. The van der Waals surface area contributed by atoms with E-state index in [0.29, 0.717) is 19.7 Å². The average molecular weight is 605 g/mol. The molecule has 0 radical (unpaired) electrons. The average Bonchev–Trinajstić information content (AvgIpc) is 3.66. The number of aliphatic hydroxyl groups excluding tert-OH is 1. The number of fused-ring (bicyclic) bond motifs is 2. The lowest BCUT2D eigenvalue weighted by Crippen LogP contribution is -2.55. The Labute approximate surface area is 259 Å². The second-order valence-electron chi connectivity index (χ2n) is 11.9. The topological polar surface area (TPSA) is 87.2 Å². The van der Waals surface area contributed by atoms with Gasteiger partial charge in [-0.15, -0.1) is 24.9 Å². The van der Waals surface area contributed by atoms with Crippen LogP contribution >= 0.6 is 11.8 Å². The molecule has 3 aliphatic heterocycles. The van der Waals surface area contributed by atoms with Gasteiger partial charge in [-0.05, 0) is 67.9 Å². The molecule has 3 heterocycles. The highest BCUT2D eigenvalue weighted by Gasteiger charge is 2.74. The molecule has 43 heavy (non-hydrogen) atoms. The monoisotopic (exact) mass is 604 g/mol. The maximum absolute atomic E-state index is 14.8. The smallest absolute Gasteiger partial charge is 0.310 e. The minimum absolute atomic E-state index is 0.0230. The third-order valence-electron chi connectivity index (χ3n) is 9.28. The molecule has 2 bridgehead atoms. The normalized spacial score (nSPS) is 25.6. The van der Waals surface area contributed by atoms with Crippen molar-refractivity contribution in [3.05, 3.63) is 67.8 Å². The number of carbonyl (C=O) groups excluding carboxylic acids is 3. The number of allylic oxidation sites excluding steroid dienone is 1. The fourth-order valence-corrected chi connectivity index (χ4v) is 9.49. The molecule has 5 atom stereocenters. The van der Waals surface area contributed by atoms with Crippen molar-refractivity contribution in [1.29, 1.82) is 0 Å². The molecular formula is C35H44N2O5S. The van der Waals surface area contributed by atoms with Crippen molar-refractivity contribution < 1.29 is 24.2 Å². The van der Waals surface area contributed by atoms with Gasteiger partial charge in [0.05, 0.1) is 23.2 Å². The van der Waals surface area contributed by atoms with Gasteiger partial charge in [0.15, 0.2) is 0 Å². The number of hydrogen-bond acceptors (Lipinski definition) is 6. The summed E-state index contributed by atoms with van der Waals surface area (Å²) in [7, 11) is 0. The highest BCUT2D eigenvalue weighted by molar-refractivity contribution is 8.02. The number of nitrogens with zero attached hydrogens (tertiary/aromatic N) is 2. The molecule has 2 amide bonds. The standard InChI is InChI=1S/C35H44N2O5S/c1-3-5-6-13-23-42-34(41)29-28-18-19-35(43-28)30(29)32(39)37(21-11-7-8-12-22-38)31(35)33(40)36(20-4-2)27-17-16-25-14-9-10-15-26(25)24-27/h3-4,9-10,14-17,24,28-31,38H,1-2,5-8,11-13,18-23H2/t28-,29+,30-,31?,35?/m0/s1. The Hall–Kier alpha value is -3.10. The zero-order chi connectivity index (χ0) is 30.4. The van der Waals surface area contributed by atoms with Crippen LogP contribution in [0.25, 0.3) is 10.8 Å². The van der Waals surface area contributed by atoms with E-state index in [-0.39, 0.29) is 29.6 Å². The zero-order valence-electron chi connectivity index (χ0n) is 25.0. The minimum atomic E-state index is -0.672. The maximum Gasteiger partial charge on any atom is 0.310 e. The molecule has 3 aliphatic rings. The second kappa shape index (κ2) is 14.1. The van der Waals surface area contributed by atoms with E-state index in [9.17, 15) is 19.5 Å². The number of carbonyl (C=O) groups is 3. The Kier molecular flexibility index (Phi) is 10.3. The Bertz CT molecular complexity index is 1350. The second-order valence-corrected chi connectivity index (χ2v) is 13.5. The number of rotatable bonds is 16. The summed E-state index contributed by atoms with van der Waals surface area (Å²) >= 11 is 1.67. The zero-order valence-corrected chi connectivity index (χ0v) is 25.8. The maximum atomic E-state index is 14.8. The van der Waals surface area contributed by atoms with Crippen LogP contribution in [0.3, 0.4) is 0 Å². The lowest BCUT2D eigenvalue weighted by atomic mass is 9.71. The molecule has 2 aromatic rings. The highest BCUT2D eigenvalue weighted by atomic mass is 32.2. The fraction of sp³-hybridized carbons (Fsp3) is 0.514. The molecule has 230 valence electrons. The van der Waals surface area contributed by atoms with Gasteiger partial charge in [-0.1, -0.05) is 55.3 Å². The van der Waals surface area contributed by atoms with Gasteiger partial charge in [-0.3, -0.25) is 14.4 Å². The molecule has 3 saturated heterocycles. The van der Waals surface area contributed by atoms with E-state index in [1.807, 2.05) is 48.5 Å². The number of aliphatic hydroxyl groups is 1. The molecule has 8 heteroatoms. The molecule has 3 fully saturated rings. The molecule has 5 rings (SSSR count). The lowest BCUT2D eigenvalue weighted by molar-refractivity contribution is -0.154. The van der Waals surface area contributed by atoms with Crippen LogP contribution in [0.1, 0.15) is 57.8 Å². The number of benzene rings is 2. The van der Waals surface area contributed by atoms with Gasteiger partial charge in [0, 0.05) is 30.6 Å². The van der Waals surface area contributed by atoms with Crippen molar-refractivity contribution >= 4 is 46.0 Å². The Morgan fingerprint density at radius 2 is 1.84 bits per heavy atom. The minimum Gasteiger partial charge on any atom is -0.465 e. The van der Waals surface area contributed by atoms with E-state index in [1.54, 1.807) is 27.6 Å². The van der Waals surface area contributed by atoms with E-state index < -0.39 is 22.6 Å². The Balaban J connectivity index is 1.45. The first-order valence-electron chi connectivity index (χ1n) is 15.7. The Morgan fingerprint density at radius 3 is 2.60 bits per heavy atom. The number of amides is 2. The van der Waals surface area contributed by atoms with Crippen LogP contribution in [0, 0.1) is 11.8 Å². The van der Waals surface area contributed by atoms with E-state index in [4.69, 9.17) is 4.74 Å². The summed E-state index contributed by atoms with van der Waals surface area (Å²) in [5.74, 6) is -1.61. The van der Waals surface area contributed by atoms with Crippen molar-refractivity contribution in [1.82, 2.24) is 4.90 Å². The predicted molar refractivity (Wildman–Crippen MR) is 173 cm³/mol. The van der Waals surface area contributed by atoms with Gasteiger partial charge >= 0.3 is 5.97 Å². The van der Waals surface area contributed by atoms with Crippen molar-refractivity contribution in [2.24, 2.45) is 11.8 Å². The number of esters is 1. The number of unbranched alkanes of at least 4 members (excludes halogenated alkanes) is 5. The largest absolute Gasteiger partial charge is 0.465 e. The van der Waals surface area contributed by atoms with Gasteiger partial charge in [0.1, 0.15) is 6.04 Å². The molecule has 0 aromatic heterocycles. The summed E-state index contributed by atoms with van der Waals surface area (Å²) in [5, 5.41) is 11.3. The van der Waals surface area contributed by atoms with Crippen molar-refractivity contribution in [3.8, 4) is 0 Å². The first-order chi connectivity index (χ1) is 21.0. The highest BCUT2D eigenvalue weighted by Crippen LogP contribution is 2.66. The van der Waals surface area contributed by atoms with Crippen LogP contribution < -0.4 is 4.90 Å². The molecule has 7 nitrogen and oxygen atoms in total. The van der Waals surface area contributed by atoms with Crippen molar-refractivity contribution in [3.63, 3.8) is 0 Å². The fourth-order valence-electron chi connectivity index (χ4n) is 7.29. The predicted octanol–water partition coefficient (Wildman–Crippen LogP) is 5.90. The van der Waals surface area contributed by atoms with Crippen molar-refractivity contribution in [2.45, 2.75) is 73.8 Å². The number of hydrogen-bond donors (Lipinski definition) is 1. The van der Waals surface area contributed by atoms with E-state index >= 15 is 0 Å². The third kappa shape index (κ3) is 6.14. The van der Waals surface area contributed by atoms with Crippen LogP contribution in [-0.4, -0.2) is 70.1 Å². The summed E-state index contributed by atoms with van der Waals surface area (Å²) in [6.07, 6.45) is 10.8. The van der Waals surface area contributed by atoms with Crippen LogP contribution in [0.5, 0.6) is 0 Å².